The van der Waals surface area contributed by atoms with Crippen LogP contribution in [0.25, 0.3) is 0 Å². The zero-order valence-electron chi connectivity index (χ0n) is 15.3. The molecule has 0 aromatic heterocycles. The van der Waals surface area contributed by atoms with Crippen molar-refractivity contribution < 1.29 is 24.1 Å². The Balaban J connectivity index is 1.71. The van der Waals surface area contributed by atoms with Gasteiger partial charge in [0.15, 0.2) is 12.1 Å². The third-order valence-corrected chi connectivity index (χ3v) is 5.43. The largest absolute Gasteiger partial charge is 0.390 e. The minimum absolute atomic E-state index is 0.314. The van der Waals surface area contributed by atoms with Crippen LogP contribution in [0.3, 0.4) is 0 Å². The summed E-state index contributed by atoms with van der Waals surface area (Å²) in [6.07, 6.45) is 0.109. The van der Waals surface area contributed by atoms with Crippen molar-refractivity contribution in [3.63, 3.8) is 0 Å². The molecule has 0 unspecified atom stereocenters. The van der Waals surface area contributed by atoms with Gasteiger partial charge in [0.2, 0.25) is 0 Å². The lowest BCUT2D eigenvalue weighted by molar-refractivity contribution is -0.230. The fraction of sp³-hybridized carbons (Fsp3) is 0.684. The van der Waals surface area contributed by atoms with E-state index in [2.05, 4.69) is 6.92 Å². The second-order valence-electron chi connectivity index (χ2n) is 7.30. The van der Waals surface area contributed by atoms with Crippen LogP contribution < -0.4 is 0 Å². The zero-order valence-corrected chi connectivity index (χ0v) is 16.8. The fourth-order valence-electron chi connectivity index (χ4n) is 3.40. The number of benzene rings is 1. The molecular formula is C19H26Cl2O5. The average Bonchev–Trinajstić information content (AvgIpc) is 3.05. The van der Waals surface area contributed by atoms with Crippen LogP contribution in [0.4, 0.5) is 0 Å². The molecule has 1 N–H and O–H groups in total. The summed E-state index contributed by atoms with van der Waals surface area (Å²) in [7, 11) is 0. The summed E-state index contributed by atoms with van der Waals surface area (Å²) in [6, 6.07) is 5.37. The van der Waals surface area contributed by atoms with E-state index in [9.17, 15) is 5.11 Å². The molecular weight excluding hydrogens is 379 g/mol. The van der Waals surface area contributed by atoms with E-state index in [-0.39, 0.29) is 6.10 Å². The lowest BCUT2D eigenvalue weighted by Crippen LogP contribution is -2.42. The third kappa shape index (κ3) is 4.53. The predicted octanol–water partition coefficient (Wildman–Crippen LogP) is 4.31. The number of hydrogen-bond donors (Lipinski definition) is 1. The van der Waals surface area contributed by atoms with Crippen molar-refractivity contribution in [3.05, 3.63) is 33.8 Å². The molecule has 7 heteroatoms. The molecule has 2 aliphatic heterocycles. The van der Waals surface area contributed by atoms with Gasteiger partial charge in [-0.3, -0.25) is 0 Å². The van der Waals surface area contributed by atoms with Crippen molar-refractivity contribution in [1.29, 1.82) is 0 Å². The Morgan fingerprint density at radius 1 is 1.23 bits per heavy atom. The summed E-state index contributed by atoms with van der Waals surface area (Å²) in [5.74, 6) is -0.736. The molecule has 26 heavy (non-hydrogen) atoms. The van der Waals surface area contributed by atoms with Crippen LogP contribution in [0.2, 0.25) is 10.0 Å². The molecule has 0 radical (unpaired) electrons. The van der Waals surface area contributed by atoms with E-state index in [0.29, 0.717) is 23.1 Å². The molecule has 2 heterocycles. The van der Waals surface area contributed by atoms with E-state index < -0.39 is 30.4 Å². The van der Waals surface area contributed by atoms with Crippen LogP contribution in [0, 0.1) is 0 Å². The van der Waals surface area contributed by atoms with Crippen molar-refractivity contribution in [1.82, 2.24) is 0 Å². The summed E-state index contributed by atoms with van der Waals surface area (Å²) in [5, 5.41) is 11.5. The van der Waals surface area contributed by atoms with Crippen LogP contribution in [0.15, 0.2) is 18.2 Å². The number of hydrogen-bond acceptors (Lipinski definition) is 5. The first-order chi connectivity index (χ1) is 12.3. The molecule has 0 bridgehead atoms. The van der Waals surface area contributed by atoms with Gasteiger partial charge in [-0.05, 0) is 38.0 Å². The Morgan fingerprint density at radius 3 is 2.69 bits per heavy atom. The van der Waals surface area contributed by atoms with Crippen LogP contribution >= 0.6 is 23.2 Å². The van der Waals surface area contributed by atoms with Crippen molar-refractivity contribution >= 4 is 23.2 Å². The van der Waals surface area contributed by atoms with E-state index in [4.69, 9.17) is 42.1 Å². The molecule has 0 saturated carbocycles. The van der Waals surface area contributed by atoms with E-state index in [1.807, 2.05) is 19.9 Å². The normalized spacial score (nSPS) is 31.2. The van der Waals surface area contributed by atoms with E-state index in [1.165, 1.54) is 0 Å². The van der Waals surface area contributed by atoms with Gasteiger partial charge in [0.25, 0.3) is 0 Å². The molecule has 1 aromatic rings. The molecule has 2 aliphatic rings. The second kappa shape index (κ2) is 8.31. The monoisotopic (exact) mass is 404 g/mol. The van der Waals surface area contributed by atoms with Crippen LogP contribution in [0.5, 0.6) is 0 Å². The topological polar surface area (TPSA) is 57.2 Å². The number of ether oxygens (including phenoxy) is 4. The minimum atomic E-state index is -0.736. The summed E-state index contributed by atoms with van der Waals surface area (Å²) < 4.78 is 23.8. The van der Waals surface area contributed by atoms with E-state index >= 15 is 0 Å². The molecule has 1 aromatic carbocycles. The second-order valence-corrected chi connectivity index (χ2v) is 8.12. The van der Waals surface area contributed by atoms with Crippen molar-refractivity contribution in [2.75, 3.05) is 0 Å². The van der Waals surface area contributed by atoms with Gasteiger partial charge in [0.1, 0.15) is 18.3 Å². The molecule has 146 valence electrons. The number of aliphatic hydroxyl groups excluding tert-OH is 1. The SMILES string of the molecule is CCCC[C@H](O)[C@H]1O[C@@H]2OC(C)(C)O[C@@H]2[C@H]1OCc1ccc(Cl)c(Cl)c1. The highest BCUT2D eigenvalue weighted by Crippen LogP contribution is 2.40. The maximum Gasteiger partial charge on any atom is 0.190 e. The standard InChI is InChI=1S/C19H26Cl2O5/c1-4-5-6-14(22)15-16(17-18(24-15)26-19(2,3)25-17)23-10-11-7-8-12(20)13(21)9-11/h7-9,14-18,22H,4-6,10H2,1-3H3/t14-,15+,16-,17+,18+/m0/s1. The Bertz CT molecular complexity index is 624. The summed E-state index contributed by atoms with van der Waals surface area (Å²) >= 11 is 12.0. The number of unbranched alkanes of at least 4 members (excludes halogenated alkanes) is 1. The molecule has 0 aliphatic carbocycles. The molecule has 0 amide bonds. The van der Waals surface area contributed by atoms with Crippen LogP contribution in [-0.4, -0.2) is 41.6 Å². The Labute approximate surface area is 164 Å². The maximum atomic E-state index is 10.6. The van der Waals surface area contributed by atoms with Gasteiger partial charge in [0.05, 0.1) is 22.8 Å². The van der Waals surface area contributed by atoms with Gasteiger partial charge in [-0.2, -0.15) is 0 Å². The highest BCUT2D eigenvalue weighted by atomic mass is 35.5. The highest BCUT2D eigenvalue weighted by Gasteiger charge is 2.56. The molecule has 5 atom stereocenters. The Kier molecular flexibility index (Phi) is 6.50. The quantitative estimate of drug-likeness (QED) is 0.733. The minimum Gasteiger partial charge on any atom is -0.390 e. The van der Waals surface area contributed by atoms with Gasteiger partial charge in [-0.1, -0.05) is 49.0 Å². The van der Waals surface area contributed by atoms with Gasteiger partial charge in [-0.25, -0.2) is 0 Å². The van der Waals surface area contributed by atoms with E-state index in [0.717, 1.165) is 18.4 Å². The smallest absolute Gasteiger partial charge is 0.190 e. The predicted molar refractivity (Wildman–Crippen MR) is 99.3 cm³/mol. The summed E-state index contributed by atoms with van der Waals surface area (Å²) in [6.45, 7) is 6.08. The molecule has 5 nitrogen and oxygen atoms in total. The summed E-state index contributed by atoms with van der Waals surface area (Å²) in [5.41, 5.74) is 0.892. The van der Waals surface area contributed by atoms with Crippen LogP contribution in [-0.2, 0) is 25.6 Å². The first-order valence-corrected chi connectivity index (χ1v) is 9.81. The zero-order chi connectivity index (χ0) is 18.9. The first-order valence-electron chi connectivity index (χ1n) is 9.05. The molecule has 2 fully saturated rings. The van der Waals surface area contributed by atoms with Crippen molar-refractivity contribution in [3.8, 4) is 0 Å². The van der Waals surface area contributed by atoms with Gasteiger partial charge >= 0.3 is 0 Å². The van der Waals surface area contributed by atoms with Crippen molar-refractivity contribution in [2.24, 2.45) is 0 Å². The molecule has 2 saturated heterocycles. The fourth-order valence-corrected chi connectivity index (χ4v) is 3.72. The lowest BCUT2D eigenvalue weighted by atomic mass is 10.0. The summed E-state index contributed by atoms with van der Waals surface area (Å²) in [4.78, 5) is 0. The molecule has 0 spiro atoms. The first kappa shape index (κ1) is 20.3. The highest BCUT2D eigenvalue weighted by molar-refractivity contribution is 6.42. The third-order valence-electron chi connectivity index (χ3n) is 4.69. The number of aliphatic hydroxyl groups is 1. The lowest BCUT2D eigenvalue weighted by Gasteiger charge is -2.28. The maximum absolute atomic E-state index is 10.6. The molecule has 3 rings (SSSR count). The van der Waals surface area contributed by atoms with Crippen LogP contribution in [0.1, 0.15) is 45.6 Å². The van der Waals surface area contributed by atoms with Gasteiger partial charge in [-0.15, -0.1) is 0 Å². The van der Waals surface area contributed by atoms with E-state index in [1.54, 1.807) is 12.1 Å². The van der Waals surface area contributed by atoms with Gasteiger partial charge < -0.3 is 24.1 Å². The number of rotatable bonds is 7. The Morgan fingerprint density at radius 2 is 2.00 bits per heavy atom. The number of halogens is 2. The van der Waals surface area contributed by atoms with Crippen molar-refractivity contribution in [2.45, 2.75) is 83.1 Å². The number of fused-ring (bicyclic) bond motifs is 1. The Hall–Kier alpha value is -0.400. The van der Waals surface area contributed by atoms with Gasteiger partial charge in [0, 0.05) is 0 Å². The average molecular weight is 405 g/mol.